The van der Waals surface area contributed by atoms with Gasteiger partial charge in [-0.15, -0.1) is 0 Å². The van der Waals surface area contributed by atoms with E-state index in [-0.39, 0.29) is 0 Å². The summed E-state index contributed by atoms with van der Waals surface area (Å²) in [5.41, 5.74) is 0.912. The Morgan fingerprint density at radius 2 is 1.94 bits per heavy atom. The molecule has 2 aliphatic rings. The van der Waals surface area contributed by atoms with Crippen LogP contribution < -0.4 is 5.32 Å². The van der Waals surface area contributed by atoms with Crippen LogP contribution in [0.5, 0.6) is 0 Å². The number of amidine groups is 1. The molecule has 2 nitrogen and oxygen atoms in total. The number of anilines is 1. The summed E-state index contributed by atoms with van der Waals surface area (Å²) in [4.78, 5) is 4.78. The van der Waals surface area contributed by atoms with Gasteiger partial charge in [0.05, 0.1) is 6.04 Å². The molecular weight excluding hydrogens is 287 g/mol. The van der Waals surface area contributed by atoms with Gasteiger partial charge in [0.1, 0.15) is 0 Å². The third kappa shape index (κ3) is 2.79. The van der Waals surface area contributed by atoms with E-state index in [1.165, 1.54) is 25.0 Å². The predicted molar refractivity (Wildman–Crippen MR) is 81.1 cm³/mol. The Balaban J connectivity index is 1.76. The van der Waals surface area contributed by atoms with Crippen LogP contribution in [0.25, 0.3) is 0 Å². The molecule has 0 saturated heterocycles. The molecule has 2 atom stereocenters. The zero-order valence-corrected chi connectivity index (χ0v) is 12.2. The van der Waals surface area contributed by atoms with Gasteiger partial charge in [0.2, 0.25) is 0 Å². The first kappa shape index (κ1) is 12.6. The summed E-state index contributed by atoms with van der Waals surface area (Å²) in [5.74, 6) is 1.95. The Hall–Kier alpha value is -0.380. The van der Waals surface area contributed by atoms with Gasteiger partial charge in [-0.05, 0) is 37.0 Å². The molecule has 0 amide bonds. The Morgan fingerprint density at radius 3 is 2.72 bits per heavy atom. The van der Waals surface area contributed by atoms with Gasteiger partial charge in [-0.3, -0.25) is 4.99 Å². The van der Waals surface area contributed by atoms with E-state index < -0.39 is 0 Å². The second-order valence-electron chi connectivity index (χ2n) is 4.79. The summed E-state index contributed by atoms with van der Waals surface area (Å²) < 4.78 is 0. The Kier molecular flexibility index (Phi) is 3.73. The highest BCUT2D eigenvalue weighted by molar-refractivity contribution is 8.14. The van der Waals surface area contributed by atoms with Crippen molar-refractivity contribution in [2.24, 2.45) is 10.9 Å². The van der Waals surface area contributed by atoms with Gasteiger partial charge < -0.3 is 5.32 Å². The lowest BCUT2D eigenvalue weighted by atomic mass is 10.1. The molecule has 1 aromatic carbocycles. The van der Waals surface area contributed by atoms with Crippen molar-refractivity contribution < 1.29 is 0 Å². The number of hydrogen-bond donors (Lipinski definition) is 1. The molecule has 3 rings (SSSR count). The molecule has 0 radical (unpaired) electrons. The van der Waals surface area contributed by atoms with Crippen molar-refractivity contribution in [3.63, 3.8) is 0 Å². The van der Waals surface area contributed by atoms with Crippen molar-refractivity contribution in [1.29, 1.82) is 0 Å². The molecule has 1 heterocycles. The average molecular weight is 301 g/mol. The highest BCUT2D eigenvalue weighted by Crippen LogP contribution is 2.36. The highest BCUT2D eigenvalue weighted by atomic mass is 35.5. The number of benzene rings is 1. The molecule has 1 aliphatic heterocycles. The Morgan fingerprint density at radius 1 is 1.17 bits per heavy atom. The van der Waals surface area contributed by atoms with Crippen molar-refractivity contribution >= 4 is 45.8 Å². The normalized spacial score (nSPS) is 26.7. The monoisotopic (exact) mass is 300 g/mol. The first-order valence-corrected chi connectivity index (χ1v) is 7.88. The quantitative estimate of drug-likeness (QED) is 0.814. The molecular formula is C13H14Cl2N2S. The zero-order chi connectivity index (χ0) is 12.5. The van der Waals surface area contributed by atoms with Crippen LogP contribution in [0.4, 0.5) is 5.69 Å². The molecule has 5 heteroatoms. The summed E-state index contributed by atoms with van der Waals surface area (Å²) in [6.45, 7) is 0. The molecule has 1 fully saturated rings. The maximum atomic E-state index is 5.99. The van der Waals surface area contributed by atoms with E-state index >= 15 is 0 Å². The lowest BCUT2D eigenvalue weighted by Gasteiger charge is -2.23. The molecule has 0 bridgehead atoms. The van der Waals surface area contributed by atoms with Crippen molar-refractivity contribution in [2.45, 2.75) is 25.3 Å². The van der Waals surface area contributed by atoms with Gasteiger partial charge >= 0.3 is 0 Å². The Bertz CT molecular complexity index is 470. The topological polar surface area (TPSA) is 24.4 Å². The molecule has 1 aromatic rings. The zero-order valence-electron chi connectivity index (χ0n) is 9.83. The third-order valence-corrected chi connectivity index (χ3v) is 4.96. The SMILES string of the molecule is Clc1cc(Cl)cc(NC2=NC3CCCC3CS2)c1. The van der Waals surface area contributed by atoms with E-state index in [2.05, 4.69) is 5.32 Å². The van der Waals surface area contributed by atoms with Gasteiger partial charge in [0.25, 0.3) is 0 Å². The molecule has 1 saturated carbocycles. The fourth-order valence-corrected chi connectivity index (χ4v) is 4.26. The maximum absolute atomic E-state index is 5.99. The molecule has 0 spiro atoms. The van der Waals surface area contributed by atoms with Crippen molar-refractivity contribution in [3.8, 4) is 0 Å². The first-order valence-electron chi connectivity index (χ1n) is 6.14. The van der Waals surface area contributed by atoms with E-state index in [1.54, 1.807) is 17.8 Å². The van der Waals surface area contributed by atoms with E-state index in [4.69, 9.17) is 28.2 Å². The molecule has 96 valence electrons. The van der Waals surface area contributed by atoms with Crippen LogP contribution in [-0.4, -0.2) is 17.0 Å². The van der Waals surface area contributed by atoms with Gasteiger partial charge in [-0.25, -0.2) is 0 Å². The number of rotatable bonds is 1. The van der Waals surface area contributed by atoms with Crippen LogP contribution in [0.2, 0.25) is 10.0 Å². The van der Waals surface area contributed by atoms with Crippen molar-refractivity contribution in [3.05, 3.63) is 28.2 Å². The lowest BCUT2D eigenvalue weighted by molar-refractivity contribution is 0.535. The fourth-order valence-electron chi connectivity index (χ4n) is 2.57. The molecule has 0 aromatic heterocycles. The van der Waals surface area contributed by atoms with E-state index in [9.17, 15) is 0 Å². The molecule has 2 unspecified atom stereocenters. The van der Waals surface area contributed by atoms with Crippen LogP contribution in [0, 0.1) is 5.92 Å². The summed E-state index contributed by atoms with van der Waals surface area (Å²) in [5, 5.41) is 5.60. The van der Waals surface area contributed by atoms with Crippen LogP contribution in [0.3, 0.4) is 0 Å². The second-order valence-corrected chi connectivity index (χ2v) is 6.67. The van der Waals surface area contributed by atoms with Crippen LogP contribution in [0.1, 0.15) is 19.3 Å². The number of nitrogens with zero attached hydrogens (tertiary/aromatic N) is 1. The second kappa shape index (κ2) is 5.32. The minimum absolute atomic E-state index is 0.517. The number of halogens is 2. The van der Waals surface area contributed by atoms with E-state index in [0.717, 1.165) is 16.8 Å². The molecule has 1 N–H and O–H groups in total. The maximum Gasteiger partial charge on any atom is 0.161 e. The van der Waals surface area contributed by atoms with Crippen LogP contribution in [-0.2, 0) is 0 Å². The number of hydrogen-bond acceptors (Lipinski definition) is 3. The predicted octanol–water partition coefficient (Wildman–Crippen LogP) is 4.68. The van der Waals surface area contributed by atoms with Gasteiger partial charge in [-0.2, -0.15) is 0 Å². The number of aliphatic imine (C=N–C) groups is 1. The van der Waals surface area contributed by atoms with Crippen molar-refractivity contribution in [1.82, 2.24) is 0 Å². The number of fused-ring (bicyclic) bond motifs is 1. The fraction of sp³-hybridized carbons (Fsp3) is 0.462. The van der Waals surface area contributed by atoms with Gasteiger partial charge in [0, 0.05) is 21.5 Å². The smallest absolute Gasteiger partial charge is 0.161 e. The first-order chi connectivity index (χ1) is 8.70. The Labute approximate surface area is 121 Å². The number of nitrogens with one attached hydrogen (secondary N) is 1. The van der Waals surface area contributed by atoms with Gasteiger partial charge in [-0.1, -0.05) is 41.4 Å². The molecule has 18 heavy (non-hydrogen) atoms. The standard InChI is InChI=1S/C13H14Cl2N2S/c14-9-4-10(15)6-11(5-9)16-13-17-12-3-1-2-8(12)7-18-13/h4-6,8,12H,1-3,7H2,(H,16,17). The van der Waals surface area contributed by atoms with E-state index in [0.29, 0.717) is 16.1 Å². The molecule has 1 aliphatic carbocycles. The summed E-state index contributed by atoms with van der Waals surface area (Å²) in [7, 11) is 0. The lowest BCUT2D eigenvalue weighted by Crippen LogP contribution is -2.25. The van der Waals surface area contributed by atoms with Crippen molar-refractivity contribution in [2.75, 3.05) is 11.1 Å². The summed E-state index contributed by atoms with van der Waals surface area (Å²) in [6, 6.07) is 5.99. The van der Waals surface area contributed by atoms with Crippen LogP contribution in [0.15, 0.2) is 23.2 Å². The third-order valence-electron chi connectivity index (χ3n) is 3.45. The van der Waals surface area contributed by atoms with Gasteiger partial charge in [0.15, 0.2) is 5.17 Å². The van der Waals surface area contributed by atoms with Crippen LogP contribution >= 0.6 is 35.0 Å². The van der Waals surface area contributed by atoms with E-state index in [1.807, 2.05) is 12.1 Å². The summed E-state index contributed by atoms with van der Waals surface area (Å²) >= 11 is 13.8. The summed E-state index contributed by atoms with van der Waals surface area (Å²) in [6.07, 6.45) is 3.87. The minimum atomic E-state index is 0.517. The largest absolute Gasteiger partial charge is 0.335 e. The minimum Gasteiger partial charge on any atom is -0.335 e. The average Bonchev–Trinajstić information content (AvgIpc) is 2.74. The highest BCUT2D eigenvalue weighted by Gasteiger charge is 2.30. The number of thioether (sulfide) groups is 1.